The highest BCUT2D eigenvalue weighted by atomic mass is 79.9. The van der Waals surface area contributed by atoms with E-state index in [0.29, 0.717) is 6.04 Å². The van der Waals surface area contributed by atoms with Gasteiger partial charge in [-0.2, -0.15) is 0 Å². The lowest BCUT2D eigenvalue weighted by atomic mass is 9.82. The third-order valence-corrected chi connectivity index (χ3v) is 3.53. The average Bonchev–Trinajstić information content (AvgIpc) is 2.17. The Hall–Kier alpha value is -0.340. The fourth-order valence-electron chi connectivity index (χ4n) is 2.34. The van der Waals surface area contributed by atoms with E-state index in [2.05, 4.69) is 46.4 Å². The third kappa shape index (κ3) is 1.86. The van der Waals surface area contributed by atoms with Crippen molar-refractivity contribution in [2.75, 3.05) is 7.05 Å². The topological polar surface area (TPSA) is 12.0 Å². The van der Waals surface area contributed by atoms with Crippen molar-refractivity contribution in [3.63, 3.8) is 0 Å². The van der Waals surface area contributed by atoms with Gasteiger partial charge in [0, 0.05) is 10.5 Å². The number of rotatable bonds is 1. The van der Waals surface area contributed by atoms with Crippen LogP contribution in [0.3, 0.4) is 0 Å². The minimum absolute atomic E-state index is 0.534. The lowest BCUT2D eigenvalue weighted by molar-refractivity contribution is 0.399. The van der Waals surface area contributed by atoms with E-state index in [4.69, 9.17) is 0 Å². The SMILES string of the molecule is CNC1CC(C)Cc2ccc(Br)cc21. The average molecular weight is 254 g/mol. The van der Waals surface area contributed by atoms with E-state index in [9.17, 15) is 0 Å². The third-order valence-electron chi connectivity index (χ3n) is 3.04. The van der Waals surface area contributed by atoms with Crippen LogP contribution in [0.2, 0.25) is 0 Å². The van der Waals surface area contributed by atoms with Gasteiger partial charge in [-0.1, -0.05) is 28.9 Å². The summed E-state index contributed by atoms with van der Waals surface area (Å²) in [5, 5.41) is 3.40. The normalized spacial score (nSPS) is 25.9. The zero-order valence-corrected chi connectivity index (χ0v) is 10.3. The van der Waals surface area contributed by atoms with Crippen LogP contribution in [0.1, 0.15) is 30.5 Å². The van der Waals surface area contributed by atoms with Gasteiger partial charge < -0.3 is 5.32 Å². The molecular weight excluding hydrogens is 238 g/mol. The molecule has 2 unspecified atom stereocenters. The van der Waals surface area contributed by atoms with Gasteiger partial charge in [-0.05, 0) is 49.1 Å². The lowest BCUT2D eigenvalue weighted by Gasteiger charge is -2.29. The van der Waals surface area contributed by atoms with Crippen molar-refractivity contribution in [3.8, 4) is 0 Å². The molecule has 14 heavy (non-hydrogen) atoms. The summed E-state index contributed by atoms with van der Waals surface area (Å²) in [6, 6.07) is 7.18. The molecule has 0 aliphatic heterocycles. The number of benzene rings is 1. The minimum atomic E-state index is 0.534. The molecule has 1 aliphatic carbocycles. The molecule has 76 valence electrons. The highest BCUT2D eigenvalue weighted by Crippen LogP contribution is 2.34. The lowest BCUT2D eigenvalue weighted by Crippen LogP contribution is -2.25. The zero-order chi connectivity index (χ0) is 10.1. The first-order chi connectivity index (χ1) is 6.70. The fraction of sp³-hybridized carbons (Fsp3) is 0.500. The second-order valence-electron chi connectivity index (χ2n) is 4.23. The van der Waals surface area contributed by atoms with Crippen LogP contribution in [-0.2, 0) is 6.42 Å². The Bertz CT molecular complexity index is 335. The van der Waals surface area contributed by atoms with Gasteiger partial charge >= 0.3 is 0 Å². The van der Waals surface area contributed by atoms with E-state index in [1.54, 1.807) is 0 Å². The van der Waals surface area contributed by atoms with Crippen LogP contribution in [0, 0.1) is 5.92 Å². The summed E-state index contributed by atoms with van der Waals surface area (Å²) in [4.78, 5) is 0. The highest BCUT2D eigenvalue weighted by molar-refractivity contribution is 9.10. The molecule has 0 radical (unpaired) electrons. The molecule has 1 aromatic carbocycles. The van der Waals surface area contributed by atoms with Gasteiger partial charge in [-0.3, -0.25) is 0 Å². The molecule has 0 bridgehead atoms. The molecule has 0 heterocycles. The summed E-state index contributed by atoms with van der Waals surface area (Å²) < 4.78 is 1.19. The summed E-state index contributed by atoms with van der Waals surface area (Å²) in [5.41, 5.74) is 2.98. The first kappa shape index (κ1) is 10.2. The molecular formula is C12H16BrN. The van der Waals surface area contributed by atoms with Crippen LogP contribution in [-0.4, -0.2) is 7.05 Å². The van der Waals surface area contributed by atoms with Crippen molar-refractivity contribution in [2.45, 2.75) is 25.8 Å². The molecule has 0 saturated heterocycles. The molecule has 0 fully saturated rings. The van der Waals surface area contributed by atoms with Gasteiger partial charge in [-0.15, -0.1) is 0 Å². The van der Waals surface area contributed by atoms with Gasteiger partial charge in [0.05, 0.1) is 0 Å². The predicted molar refractivity (Wildman–Crippen MR) is 63.4 cm³/mol. The summed E-state index contributed by atoms with van der Waals surface area (Å²) >= 11 is 3.53. The maximum Gasteiger partial charge on any atom is 0.0323 e. The molecule has 0 aromatic heterocycles. The molecule has 2 rings (SSSR count). The predicted octanol–water partition coefficient (Wildman–Crippen LogP) is 3.29. The minimum Gasteiger partial charge on any atom is -0.313 e. The van der Waals surface area contributed by atoms with Crippen molar-refractivity contribution < 1.29 is 0 Å². The molecule has 1 N–H and O–H groups in total. The van der Waals surface area contributed by atoms with Crippen LogP contribution < -0.4 is 5.32 Å². The largest absolute Gasteiger partial charge is 0.313 e. The Kier molecular flexibility index (Phi) is 2.93. The van der Waals surface area contributed by atoms with Crippen molar-refractivity contribution in [2.24, 2.45) is 5.92 Å². The van der Waals surface area contributed by atoms with E-state index >= 15 is 0 Å². The summed E-state index contributed by atoms with van der Waals surface area (Å²) in [5.74, 6) is 0.793. The molecule has 0 amide bonds. The quantitative estimate of drug-likeness (QED) is 0.810. The van der Waals surface area contributed by atoms with E-state index in [-0.39, 0.29) is 0 Å². The molecule has 0 saturated carbocycles. The fourth-order valence-corrected chi connectivity index (χ4v) is 2.72. The van der Waals surface area contributed by atoms with E-state index in [0.717, 1.165) is 5.92 Å². The van der Waals surface area contributed by atoms with Crippen LogP contribution in [0.4, 0.5) is 0 Å². The van der Waals surface area contributed by atoms with Crippen LogP contribution in [0.25, 0.3) is 0 Å². The summed E-state index contributed by atoms with van der Waals surface area (Å²) in [6.45, 7) is 2.33. The number of fused-ring (bicyclic) bond motifs is 1. The summed E-state index contributed by atoms with van der Waals surface area (Å²) in [6.07, 6.45) is 2.47. The first-order valence-electron chi connectivity index (χ1n) is 5.16. The molecule has 2 atom stereocenters. The Labute approximate surface area is 94.0 Å². The summed E-state index contributed by atoms with van der Waals surface area (Å²) in [7, 11) is 2.05. The second kappa shape index (κ2) is 4.03. The monoisotopic (exact) mass is 253 g/mol. The molecule has 2 heteroatoms. The van der Waals surface area contributed by atoms with Crippen LogP contribution >= 0.6 is 15.9 Å². The second-order valence-corrected chi connectivity index (χ2v) is 5.15. The zero-order valence-electron chi connectivity index (χ0n) is 8.68. The molecule has 0 spiro atoms. The van der Waals surface area contributed by atoms with Gasteiger partial charge in [0.1, 0.15) is 0 Å². The Morgan fingerprint density at radius 2 is 2.21 bits per heavy atom. The van der Waals surface area contributed by atoms with Gasteiger partial charge in [0.2, 0.25) is 0 Å². The van der Waals surface area contributed by atoms with Crippen molar-refractivity contribution in [1.29, 1.82) is 0 Å². The van der Waals surface area contributed by atoms with Gasteiger partial charge in [-0.25, -0.2) is 0 Å². The van der Waals surface area contributed by atoms with Crippen molar-refractivity contribution in [3.05, 3.63) is 33.8 Å². The number of nitrogens with one attached hydrogen (secondary N) is 1. The standard InChI is InChI=1S/C12H16BrN/c1-8-5-9-3-4-10(13)7-11(9)12(6-8)14-2/h3-4,7-8,12,14H,5-6H2,1-2H3. The van der Waals surface area contributed by atoms with Crippen molar-refractivity contribution in [1.82, 2.24) is 5.32 Å². The van der Waals surface area contributed by atoms with E-state index in [1.165, 1.54) is 28.4 Å². The maximum absolute atomic E-state index is 3.53. The van der Waals surface area contributed by atoms with Gasteiger partial charge in [0.25, 0.3) is 0 Å². The number of halogens is 1. The molecule has 1 aromatic rings. The Morgan fingerprint density at radius 3 is 2.93 bits per heavy atom. The Morgan fingerprint density at radius 1 is 1.43 bits per heavy atom. The smallest absolute Gasteiger partial charge is 0.0323 e. The molecule has 1 aliphatic rings. The number of hydrogen-bond acceptors (Lipinski definition) is 1. The maximum atomic E-state index is 3.53. The Balaban J connectivity index is 2.41. The van der Waals surface area contributed by atoms with E-state index < -0.39 is 0 Å². The van der Waals surface area contributed by atoms with Crippen LogP contribution in [0.15, 0.2) is 22.7 Å². The van der Waals surface area contributed by atoms with Crippen LogP contribution in [0.5, 0.6) is 0 Å². The van der Waals surface area contributed by atoms with Gasteiger partial charge in [0.15, 0.2) is 0 Å². The number of hydrogen-bond donors (Lipinski definition) is 1. The first-order valence-corrected chi connectivity index (χ1v) is 5.95. The van der Waals surface area contributed by atoms with Crippen molar-refractivity contribution >= 4 is 15.9 Å². The molecule has 1 nitrogen and oxygen atoms in total. The van der Waals surface area contributed by atoms with E-state index in [1.807, 2.05) is 7.05 Å². The highest BCUT2D eigenvalue weighted by Gasteiger charge is 2.23.